The summed E-state index contributed by atoms with van der Waals surface area (Å²) in [6.45, 7) is 2.07. The van der Waals surface area contributed by atoms with Gasteiger partial charge in [-0.1, -0.05) is 17.3 Å². The van der Waals surface area contributed by atoms with Crippen molar-refractivity contribution in [2.45, 2.75) is 6.92 Å². The zero-order valence-corrected chi connectivity index (χ0v) is 8.27. The van der Waals surface area contributed by atoms with Crippen LogP contribution in [-0.4, -0.2) is 12.2 Å². The second-order valence-corrected chi connectivity index (χ2v) is 3.26. The van der Waals surface area contributed by atoms with Gasteiger partial charge in [0.05, 0.1) is 0 Å². The van der Waals surface area contributed by atoms with Gasteiger partial charge in [0.15, 0.2) is 5.82 Å². The zero-order valence-electron chi connectivity index (χ0n) is 8.27. The number of aryl methyl sites for hydroxylation is 1. The molecule has 0 saturated carbocycles. The quantitative estimate of drug-likeness (QED) is 0.725. The summed E-state index contributed by atoms with van der Waals surface area (Å²) in [6.07, 6.45) is 1.57. The highest BCUT2D eigenvalue weighted by Crippen LogP contribution is 2.21. The molecule has 0 amide bonds. The van der Waals surface area contributed by atoms with Crippen LogP contribution in [0.25, 0.3) is 0 Å². The van der Waals surface area contributed by atoms with E-state index in [0.717, 1.165) is 11.5 Å². The third kappa shape index (κ3) is 1.62. The Labute approximate surface area is 82.9 Å². The van der Waals surface area contributed by atoms with Gasteiger partial charge in [-0.3, -0.25) is 0 Å². The topological polar surface area (TPSA) is 29.3 Å². The van der Waals surface area contributed by atoms with Gasteiger partial charge in [-0.25, -0.2) is 0 Å². The first-order valence-electron chi connectivity index (χ1n) is 4.48. The molecule has 0 aliphatic rings. The predicted molar refractivity (Wildman–Crippen MR) is 55.7 cm³/mol. The van der Waals surface area contributed by atoms with E-state index < -0.39 is 0 Å². The van der Waals surface area contributed by atoms with Gasteiger partial charge < -0.3 is 9.42 Å². The van der Waals surface area contributed by atoms with Crippen LogP contribution in [0.2, 0.25) is 0 Å². The van der Waals surface area contributed by atoms with Crippen LogP contribution in [0.15, 0.2) is 41.1 Å². The minimum atomic E-state index is 0.815. The molecule has 0 radical (unpaired) electrons. The van der Waals surface area contributed by atoms with Crippen molar-refractivity contribution < 1.29 is 4.52 Å². The molecule has 1 heterocycles. The minimum Gasteiger partial charge on any atom is -0.363 e. The van der Waals surface area contributed by atoms with E-state index >= 15 is 0 Å². The summed E-state index contributed by atoms with van der Waals surface area (Å²) in [5.41, 5.74) is 2.34. The molecule has 3 heteroatoms. The summed E-state index contributed by atoms with van der Waals surface area (Å²) in [6, 6.07) is 10.1. The molecule has 0 bridgehead atoms. The lowest BCUT2D eigenvalue weighted by Crippen LogP contribution is -2.09. The zero-order chi connectivity index (χ0) is 9.97. The highest BCUT2D eigenvalue weighted by Gasteiger charge is 2.05. The van der Waals surface area contributed by atoms with E-state index in [4.69, 9.17) is 4.52 Å². The van der Waals surface area contributed by atoms with Crippen molar-refractivity contribution in [1.82, 2.24) is 5.16 Å². The molecule has 3 nitrogen and oxygen atoms in total. The van der Waals surface area contributed by atoms with E-state index in [0.29, 0.717) is 0 Å². The van der Waals surface area contributed by atoms with Crippen molar-refractivity contribution >= 4 is 11.5 Å². The van der Waals surface area contributed by atoms with Crippen molar-refractivity contribution in [3.63, 3.8) is 0 Å². The molecule has 0 saturated heterocycles. The van der Waals surface area contributed by atoms with Gasteiger partial charge in [0.25, 0.3) is 0 Å². The molecule has 1 aromatic heterocycles. The Bertz CT molecular complexity index is 409. The Morgan fingerprint density at radius 3 is 2.79 bits per heavy atom. The molecular formula is C11H12N2O. The van der Waals surface area contributed by atoms with E-state index in [-0.39, 0.29) is 0 Å². The summed E-state index contributed by atoms with van der Waals surface area (Å²) >= 11 is 0. The first kappa shape index (κ1) is 8.81. The lowest BCUT2D eigenvalue weighted by atomic mass is 10.2. The fourth-order valence-corrected chi connectivity index (χ4v) is 1.35. The number of hydrogen-bond acceptors (Lipinski definition) is 3. The lowest BCUT2D eigenvalue weighted by molar-refractivity contribution is 0.421. The normalized spacial score (nSPS) is 10.1. The van der Waals surface area contributed by atoms with Crippen molar-refractivity contribution in [2.75, 3.05) is 11.9 Å². The molecule has 0 atom stereocenters. The van der Waals surface area contributed by atoms with Crippen molar-refractivity contribution in [2.24, 2.45) is 0 Å². The maximum absolute atomic E-state index is 4.80. The highest BCUT2D eigenvalue weighted by molar-refractivity contribution is 5.58. The molecule has 72 valence electrons. The smallest absolute Gasteiger partial charge is 0.176 e. The van der Waals surface area contributed by atoms with Crippen molar-refractivity contribution in [3.8, 4) is 0 Å². The molecule has 2 rings (SSSR count). The van der Waals surface area contributed by atoms with Crippen molar-refractivity contribution in [3.05, 3.63) is 42.2 Å². The maximum atomic E-state index is 4.80. The summed E-state index contributed by atoms with van der Waals surface area (Å²) in [5, 5.41) is 3.87. The molecule has 1 aromatic carbocycles. The number of rotatable bonds is 2. The molecule has 0 spiro atoms. The maximum Gasteiger partial charge on any atom is 0.176 e. The summed E-state index contributed by atoms with van der Waals surface area (Å²) in [4.78, 5) is 1.98. The average Bonchev–Trinajstić information content (AvgIpc) is 2.69. The molecular weight excluding hydrogens is 176 g/mol. The van der Waals surface area contributed by atoms with Gasteiger partial charge in [0.2, 0.25) is 0 Å². The van der Waals surface area contributed by atoms with Gasteiger partial charge in [-0.05, 0) is 24.6 Å². The van der Waals surface area contributed by atoms with Crippen LogP contribution < -0.4 is 4.90 Å². The molecule has 14 heavy (non-hydrogen) atoms. The molecule has 0 fully saturated rings. The van der Waals surface area contributed by atoms with Crippen LogP contribution in [0.3, 0.4) is 0 Å². The van der Waals surface area contributed by atoms with E-state index in [9.17, 15) is 0 Å². The van der Waals surface area contributed by atoms with Crippen LogP contribution in [0.1, 0.15) is 5.56 Å². The molecule has 0 aliphatic heterocycles. The van der Waals surface area contributed by atoms with Crippen LogP contribution in [0, 0.1) is 6.92 Å². The predicted octanol–water partition coefficient (Wildman–Crippen LogP) is 2.75. The number of nitrogens with zero attached hydrogens (tertiary/aromatic N) is 2. The van der Waals surface area contributed by atoms with E-state index in [2.05, 4.69) is 24.2 Å². The van der Waals surface area contributed by atoms with Gasteiger partial charge in [0, 0.05) is 18.8 Å². The standard InChI is InChI=1S/C11H12N2O/c1-9-4-3-5-10(8-9)13(2)11-6-7-14-12-11/h3-8H,1-2H3. The number of anilines is 2. The average molecular weight is 188 g/mol. The number of benzene rings is 1. The minimum absolute atomic E-state index is 0.815. The first-order valence-corrected chi connectivity index (χ1v) is 4.48. The van der Waals surface area contributed by atoms with Crippen LogP contribution >= 0.6 is 0 Å². The third-order valence-electron chi connectivity index (χ3n) is 2.16. The Kier molecular flexibility index (Phi) is 2.23. The fourth-order valence-electron chi connectivity index (χ4n) is 1.35. The molecule has 0 unspecified atom stereocenters. The SMILES string of the molecule is Cc1cccc(N(C)c2ccon2)c1. The molecule has 2 aromatic rings. The molecule has 0 aliphatic carbocycles. The Balaban J connectivity index is 2.32. The Morgan fingerprint density at radius 1 is 1.29 bits per heavy atom. The monoisotopic (exact) mass is 188 g/mol. The molecule has 0 N–H and O–H groups in total. The van der Waals surface area contributed by atoms with E-state index in [1.165, 1.54) is 5.56 Å². The van der Waals surface area contributed by atoms with Gasteiger partial charge in [-0.15, -0.1) is 0 Å². The number of aromatic nitrogens is 1. The fraction of sp³-hybridized carbons (Fsp3) is 0.182. The van der Waals surface area contributed by atoms with Gasteiger partial charge in [0.1, 0.15) is 6.26 Å². The lowest BCUT2D eigenvalue weighted by Gasteiger charge is -2.15. The summed E-state index contributed by atoms with van der Waals surface area (Å²) in [5.74, 6) is 0.815. The van der Waals surface area contributed by atoms with Crippen LogP contribution in [-0.2, 0) is 0 Å². The summed E-state index contributed by atoms with van der Waals surface area (Å²) < 4.78 is 4.80. The first-order chi connectivity index (χ1) is 6.77. The second kappa shape index (κ2) is 3.54. The highest BCUT2D eigenvalue weighted by atomic mass is 16.5. The summed E-state index contributed by atoms with van der Waals surface area (Å²) in [7, 11) is 1.96. The van der Waals surface area contributed by atoms with Gasteiger partial charge >= 0.3 is 0 Å². The Morgan fingerprint density at radius 2 is 2.14 bits per heavy atom. The second-order valence-electron chi connectivity index (χ2n) is 3.26. The largest absolute Gasteiger partial charge is 0.363 e. The van der Waals surface area contributed by atoms with Gasteiger partial charge in [-0.2, -0.15) is 0 Å². The third-order valence-corrected chi connectivity index (χ3v) is 2.16. The number of hydrogen-bond donors (Lipinski definition) is 0. The van der Waals surface area contributed by atoms with Crippen LogP contribution in [0.5, 0.6) is 0 Å². The van der Waals surface area contributed by atoms with E-state index in [1.54, 1.807) is 6.26 Å². The Hall–Kier alpha value is -1.77. The van der Waals surface area contributed by atoms with E-state index in [1.807, 2.05) is 30.1 Å². The van der Waals surface area contributed by atoms with Crippen molar-refractivity contribution in [1.29, 1.82) is 0 Å². The van der Waals surface area contributed by atoms with Crippen LogP contribution in [0.4, 0.5) is 11.5 Å².